The van der Waals surface area contributed by atoms with Crippen molar-refractivity contribution in [1.82, 2.24) is 20.2 Å². The number of urea groups is 1. The van der Waals surface area contributed by atoms with Gasteiger partial charge < -0.3 is 19.9 Å². The van der Waals surface area contributed by atoms with Crippen molar-refractivity contribution in [2.75, 3.05) is 13.2 Å². The maximum atomic E-state index is 12.1. The van der Waals surface area contributed by atoms with Gasteiger partial charge in [0.15, 0.2) is 0 Å². The lowest BCUT2D eigenvalue weighted by atomic mass is 10.1. The van der Waals surface area contributed by atoms with Gasteiger partial charge in [0.25, 0.3) is 0 Å². The van der Waals surface area contributed by atoms with Gasteiger partial charge >= 0.3 is 6.03 Å². The topological polar surface area (TPSA) is 68.2 Å². The number of nitrogens with one attached hydrogen (secondary N) is 2. The van der Waals surface area contributed by atoms with Crippen molar-refractivity contribution >= 4 is 6.03 Å². The maximum absolute atomic E-state index is 12.1. The van der Waals surface area contributed by atoms with E-state index in [9.17, 15) is 4.79 Å². The van der Waals surface area contributed by atoms with Gasteiger partial charge in [-0.3, -0.25) is 0 Å². The van der Waals surface area contributed by atoms with Crippen LogP contribution in [0.25, 0.3) is 5.69 Å². The lowest BCUT2D eigenvalue weighted by Crippen LogP contribution is -2.38. The van der Waals surface area contributed by atoms with Crippen LogP contribution < -0.4 is 15.4 Å². The summed E-state index contributed by atoms with van der Waals surface area (Å²) in [6.07, 6.45) is 5.39. The Kier molecular flexibility index (Phi) is 6.10. The molecule has 2 aromatic carbocycles. The van der Waals surface area contributed by atoms with Crippen LogP contribution in [-0.2, 0) is 0 Å². The average molecular weight is 364 g/mol. The van der Waals surface area contributed by atoms with Crippen LogP contribution in [0.3, 0.4) is 0 Å². The third-order valence-electron chi connectivity index (χ3n) is 4.19. The minimum absolute atomic E-state index is 0.0977. The quantitative estimate of drug-likeness (QED) is 0.629. The molecule has 0 saturated heterocycles. The predicted octanol–water partition coefficient (Wildman–Crippen LogP) is 3.62. The number of carbonyl (C=O) groups excluding carboxylic acids is 1. The van der Waals surface area contributed by atoms with Crippen LogP contribution in [0.4, 0.5) is 4.79 Å². The Bertz CT molecular complexity index is 860. The van der Waals surface area contributed by atoms with Crippen LogP contribution in [0, 0.1) is 6.92 Å². The van der Waals surface area contributed by atoms with E-state index in [1.54, 1.807) is 12.5 Å². The largest absolute Gasteiger partial charge is 0.492 e. The second-order valence-corrected chi connectivity index (χ2v) is 6.35. The summed E-state index contributed by atoms with van der Waals surface area (Å²) < 4.78 is 7.56. The summed E-state index contributed by atoms with van der Waals surface area (Å²) >= 11 is 0. The van der Waals surface area contributed by atoms with Gasteiger partial charge in [-0.05, 0) is 49.2 Å². The van der Waals surface area contributed by atoms with Gasteiger partial charge in [0.2, 0.25) is 0 Å². The van der Waals surface area contributed by atoms with Crippen LogP contribution in [-0.4, -0.2) is 28.7 Å². The van der Waals surface area contributed by atoms with E-state index in [0.29, 0.717) is 13.2 Å². The van der Waals surface area contributed by atoms with Crippen LogP contribution in [0.15, 0.2) is 67.3 Å². The molecule has 0 saturated carbocycles. The summed E-state index contributed by atoms with van der Waals surface area (Å²) in [7, 11) is 0. The van der Waals surface area contributed by atoms with Gasteiger partial charge in [0.1, 0.15) is 12.4 Å². The number of nitrogens with zero attached hydrogens (tertiary/aromatic N) is 2. The monoisotopic (exact) mass is 364 g/mol. The lowest BCUT2D eigenvalue weighted by Gasteiger charge is -2.16. The number of rotatable bonds is 7. The number of carbonyl (C=O) groups is 1. The predicted molar refractivity (Wildman–Crippen MR) is 105 cm³/mol. The molecule has 1 aromatic heterocycles. The zero-order chi connectivity index (χ0) is 19.1. The van der Waals surface area contributed by atoms with Crippen molar-refractivity contribution in [1.29, 1.82) is 0 Å². The lowest BCUT2D eigenvalue weighted by molar-refractivity contribution is 0.233. The van der Waals surface area contributed by atoms with Crippen molar-refractivity contribution in [3.05, 3.63) is 78.4 Å². The standard InChI is InChI=1S/C21H24N4O2/c1-16-4-3-5-20(14-16)27-13-11-23-21(26)24-17(2)18-6-8-19(9-7-18)25-12-10-22-15-25/h3-10,12,14-15,17H,11,13H2,1-2H3,(H2,23,24,26). The summed E-state index contributed by atoms with van der Waals surface area (Å²) in [6, 6.07) is 15.5. The highest BCUT2D eigenvalue weighted by atomic mass is 16.5. The van der Waals surface area contributed by atoms with Crippen LogP contribution >= 0.6 is 0 Å². The Morgan fingerprint density at radius 1 is 1.22 bits per heavy atom. The number of amides is 2. The number of hydrogen-bond donors (Lipinski definition) is 2. The van der Waals surface area contributed by atoms with Crippen molar-refractivity contribution in [2.45, 2.75) is 19.9 Å². The molecule has 0 spiro atoms. The molecule has 2 N–H and O–H groups in total. The van der Waals surface area contributed by atoms with Crippen LogP contribution in [0.5, 0.6) is 5.75 Å². The average Bonchev–Trinajstić information content (AvgIpc) is 3.20. The third-order valence-corrected chi connectivity index (χ3v) is 4.19. The minimum atomic E-state index is -0.214. The second kappa shape index (κ2) is 8.89. The summed E-state index contributed by atoms with van der Waals surface area (Å²) in [6.45, 7) is 4.83. The second-order valence-electron chi connectivity index (χ2n) is 6.35. The molecule has 27 heavy (non-hydrogen) atoms. The molecule has 1 unspecified atom stereocenters. The Morgan fingerprint density at radius 3 is 2.74 bits per heavy atom. The molecular weight excluding hydrogens is 340 g/mol. The highest BCUT2D eigenvalue weighted by Gasteiger charge is 2.09. The molecular formula is C21H24N4O2. The number of benzene rings is 2. The number of ether oxygens (including phenoxy) is 1. The fourth-order valence-electron chi connectivity index (χ4n) is 2.72. The van der Waals surface area contributed by atoms with E-state index < -0.39 is 0 Å². The van der Waals surface area contributed by atoms with Gasteiger partial charge in [-0.2, -0.15) is 0 Å². The summed E-state index contributed by atoms with van der Waals surface area (Å²) in [4.78, 5) is 16.1. The number of hydrogen-bond acceptors (Lipinski definition) is 3. The SMILES string of the molecule is Cc1cccc(OCCNC(=O)NC(C)c2ccc(-n3ccnc3)cc2)c1. The summed E-state index contributed by atoms with van der Waals surface area (Å²) in [5.41, 5.74) is 3.21. The Labute approximate surface area is 159 Å². The first-order valence-electron chi connectivity index (χ1n) is 8.94. The Morgan fingerprint density at radius 2 is 2.04 bits per heavy atom. The van der Waals surface area contributed by atoms with Crippen LogP contribution in [0.1, 0.15) is 24.1 Å². The molecule has 3 aromatic rings. The molecule has 1 atom stereocenters. The first-order chi connectivity index (χ1) is 13.1. The van der Waals surface area contributed by atoms with E-state index in [4.69, 9.17) is 4.74 Å². The molecule has 0 fully saturated rings. The fourth-order valence-corrected chi connectivity index (χ4v) is 2.72. The molecule has 0 aliphatic heterocycles. The zero-order valence-corrected chi connectivity index (χ0v) is 15.6. The molecule has 0 radical (unpaired) electrons. The molecule has 2 amide bonds. The fraction of sp³-hybridized carbons (Fsp3) is 0.238. The van der Waals surface area contributed by atoms with Crippen molar-refractivity contribution in [3.8, 4) is 11.4 Å². The van der Waals surface area contributed by atoms with Gasteiger partial charge in [-0.1, -0.05) is 24.3 Å². The number of aryl methyl sites for hydroxylation is 1. The molecule has 6 heteroatoms. The normalized spacial score (nSPS) is 11.6. The molecule has 0 bridgehead atoms. The first kappa shape index (κ1) is 18.5. The van der Waals surface area contributed by atoms with Crippen molar-refractivity contribution < 1.29 is 9.53 Å². The van der Waals surface area contributed by atoms with E-state index in [1.807, 2.05) is 73.1 Å². The number of imidazole rings is 1. The van der Waals surface area contributed by atoms with E-state index in [0.717, 1.165) is 22.6 Å². The highest BCUT2D eigenvalue weighted by molar-refractivity contribution is 5.74. The summed E-state index contributed by atoms with van der Waals surface area (Å²) in [5, 5.41) is 5.75. The van der Waals surface area contributed by atoms with E-state index in [2.05, 4.69) is 15.6 Å². The first-order valence-corrected chi connectivity index (χ1v) is 8.94. The van der Waals surface area contributed by atoms with E-state index in [-0.39, 0.29) is 12.1 Å². The third kappa shape index (κ3) is 5.34. The van der Waals surface area contributed by atoms with E-state index in [1.165, 1.54) is 0 Å². The zero-order valence-electron chi connectivity index (χ0n) is 15.6. The van der Waals surface area contributed by atoms with Gasteiger partial charge in [0, 0.05) is 18.1 Å². The molecule has 0 aliphatic rings. The van der Waals surface area contributed by atoms with Crippen molar-refractivity contribution in [2.24, 2.45) is 0 Å². The molecule has 3 rings (SSSR count). The Hall–Kier alpha value is -3.28. The molecule has 6 nitrogen and oxygen atoms in total. The summed E-state index contributed by atoms with van der Waals surface area (Å²) in [5.74, 6) is 0.809. The van der Waals surface area contributed by atoms with E-state index >= 15 is 0 Å². The molecule has 140 valence electrons. The van der Waals surface area contributed by atoms with Gasteiger partial charge in [0.05, 0.1) is 18.9 Å². The smallest absolute Gasteiger partial charge is 0.315 e. The minimum Gasteiger partial charge on any atom is -0.492 e. The van der Waals surface area contributed by atoms with Crippen LogP contribution in [0.2, 0.25) is 0 Å². The Balaban J connectivity index is 1.42. The molecule has 1 heterocycles. The maximum Gasteiger partial charge on any atom is 0.315 e. The molecule has 0 aliphatic carbocycles. The number of aromatic nitrogens is 2. The van der Waals surface area contributed by atoms with Gasteiger partial charge in [-0.25, -0.2) is 9.78 Å². The van der Waals surface area contributed by atoms with Gasteiger partial charge in [-0.15, -0.1) is 0 Å². The van der Waals surface area contributed by atoms with Crippen molar-refractivity contribution in [3.63, 3.8) is 0 Å². The highest BCUT2D eigenvalue weighted by Crippen LogP contribution is 2.15.